The lowest BCUT2D eigenvalue weighted by molar-refractivity contribution is 0.479. The lowest BCUT2D eigenvalue weighted by Gasteiger charge is -2.33. The van der Waals surface area contributed by atoms with E-state index in [4.69, 9.17) is 9.39 Å². The molecule has 0 fully saturated rings. The van der Waals surface area contributed by atoms with Crippen LogP contribution in [0.2, 0.25) is 0 Å². The second-order valence-corrected chi connectivity index (χ2v) is 14.0. The zero-order chi connectivity index (χ0) is 34.6. The first-order valence-corrected chi connectivity index (χ1v) is 18.1. The van der Waals surface area contributed by atoms with Gasteiger partial charge in [-0.2, -0.15) is 0 Å². The smallest absolute Gasteiger partial charge is 0.434 e. The Hall–Kier alpha value is -6.98. The highest BCUT2D eigenvalue weighted by atomic mass is 16.5. The summed E-state index contributed by atoms with van der Waals surface area (Å²) >= 11 is 0. The second-order valence-electron chi connectivity index (χ2n) is 14.0. The van der Waals surface area contributed by atoms with Gasteiger partial charge in [0.15, 0.2) is 0 Å². The highest BCUT2D eigenvalue weighted by Crippen LogP contribution is 2.42. The average molecular weight is 677 g/mol. The molecule has 0 aliphatic carbocycles. The van der Waals surface area contributed by atoms with Gasteiger partial charge in [0, 0.05) is 55.5 Å². The van der Waals surface area contributed by atoms with Crippen molar-refractivity contribution in [2.24, 2.45) is 0 Å². The van der Waals surface area contributed by atoms with Gasteiger partial charge < -0.3 is 18.5 Å². The van der Waals surface area contributed by atoms with E-state index in [0.29, 0.717) is 0 Å². The standard InChI is InChI=1S/C48H29BN2O2/c1-5-18-41-34(13-1)35-14-2-6-19-42(35)50(41)32-12-9-11-30(27-32)31-23-25-38-39-17-10-22-45-48(39)49(53-46(38)28-31)40-26-24-33(29-47(40)52-45)51-43-20-7-3-15-36(43)37-16-4-8-21-44(37)51/h1-29H. The average Bonchev–Trinajstić information content (AvgIpc) is 3.74. The van der Waals surface area contributed by atoms with E-state index in [1.807, 2.05) is 0 Å². The van der Waals surface area contributed by atoms with E-state index in [0.717, 1.165) is 61.8 Å². The molecule has 0 N–H and O–H groups in total. The Morgan fingerprint density at radius 2 is 0.943 bits per heavy atom. The van der Waals surface area contributed by atoms with Crippen LogP contribution in [0, 0.1) is 0 Å². The minimum atomic E-state index is -0.288. The number of benzene rings is 8. The van der Waals surface area contributed by atoms with Crippen molar-refractivity contribution in [1.82, 2.24) is 9.13 Å². The van der Waals surface area contributed by atoms with Gasteiger partial charge in [0.05, 0.1) is 22.1 Å². The van der Waals surface area contributed by atoms with E-state index in [9.17, 15) is 0 Å². The molecule has 5 heteroatoms. The molecule has 8 aromatic carbocycles. The molecule has 10 aromatic rings. The van der Waals surface area contributed by atoms with E-state index >= 15 is 0 Å². The van der Waals surface area contributed by atoms with Crippen LogP contribution < -0.4 is 20.3 Å². The van der Waals surface area contributed by atoms with Crippen LogP contribution in [-0.2, 0) is 0 Å². The molecule has 0 saturated carbocycles. The van der Waals surface area contributed by atoms with Crippen molar-refractivity contribution in [2.45, 2.75) is 0 Å². The molecule has 0 atom stereocenters. The first-order valence-electron chi connectivity index (χ1n) is 18.1. The van der Waals surface area contributed by atoms with Crippen molar-refractivity contribution in [3.63, 3.8) is 0 Å². The molecule has 0 amide bonds. The summed E-state index contributed by atoms with van der Waals surface area (Å²) in [6, 6.07) is 62.8. The number of aromatic nitrogens is 2. The third-order valence-electron chi connectivity index (χ3n) is 11.2. The molecule has 2 aromatic heterocycles. The topological polar surface area (TPSA) is 28.3 Å². The maximum absolute atomic E-state index is 7.03. The fraction of sp³-hybridized carbons (Fsp3) is 0. The minimum absolute atomic E-state index is 0.288. The van der Waals surface area contributed by atoms with Crippen LogP contribution in [0.5, 0.6) is 17.2 Å². The molecule has 53 heavy (non-hydrogen) atoms. The molecule has 4 nitrogen and oxygen atoms in total. The molecule has 246 valence electrons. The first kappa shape index (κ1) is 28.7. The van der Waals surface area contributed by atoms with Crippen molar-refractivity contribution >= 4 is 61.5 Å². The third kappa shape index (κ3) is 4.07. The largest absolute Gasteiger partial charge is 0.551 e. The van der Waals surface area contributed by atoms with E-state index in [-0.39, 0.29) is 6.92 Å². The molecule has 0 spiro atoms. The summed E-state index contributed by atoms with van der Waals surface area (Å²) in [5, 5.41) is 4.99. The van der Waals surface area contributed by atoms with Gasteiger partial charge in [0.1, 0.15) is 17.2 Å². The number of fused-ring (bicyclic) bond motifs is 10. The molecule has 0 bridgehead atoms. The minimum Gasteiger partial charge on any atom is -0.551 e. The van der Waals surface area contributed by atoms with Gasteiger partial charge in [-0.25, -0.2) is 0 Å². The number of rotatable bonds is 3. The van der Waals surface area contributed by atoms with Crippen molar-refractivity contribution in [3.05, 3.63) is 176 Å². The van der Waals surface area contributed by atoms with Gasteiger partial charge in [0.2, 0.25) is 0 Å². The lowest BCUT2D eigenvalue weighted by atomic mass is 9.51. The molecule has 2 aliphatic rings. The van der Waals surface area contributed by atoms with Crippen LogP contribution >= 0.6 is 0 Å². The summed E-state index contributed by atoms with van der Waals surface area (Å²) in [6.07, 6.45) is 0. The number of para-hydroxylation sites is 4. The Balaban J connectivity index is 0.964. The monoisotopic (exact) mass is 676 g/mol. The molecule has 0 radical (unpaired) electrons. The molecular weight excluding hydrogens is 647 g/mol. The molecule has 4 heterocycles. The van der Waals surface area contributed by atoms with Crippen molar-refractivity contribution in [2.75, 3.05) is 0 Å². The van der Waals surface area contributed by atoms with Gasteiger partial charge >= 0.3 is 6.92 Å². The molecule has 2 aliphatic heterocycles. The fourth-order valence-corrected chi connectivity index (χ4v) is 8.88. The SMILES string of the molecule is c1cc(-c2ccc3c(c2)OB2c4ccc(-n5c6ccccc6c6ccccc65)cc4Oc4cccc-3c42)cc(-n2c3ccccc3c3ccccc32)c1. The number of nitrogens with zero attached hydrogens (tertiary/aromatic N) is 2. The molecule has 0 unspecified atom stereocenters. The number of hydrogen-bond acceptors (Lipinski definition) is 2. The maximum atomic E-state index is 7.03. The van der Waals surface area contributed by atoms with Crippen LogP contribution in [0.3, 0.4) is 0 Å². The summed E-state index contributed by atoms with van der Waals surface area (Å²) in [5.41, 5.74) is 13.5. The number of hydrogen-bond donors (Lipinski definition) is 0. The Labute approximate surface area is 305 Å². The summed E-state index contributed by atoms with van der Waals surface area (Å²) < 4.78 is 18.4. The summed E-state index contributed by atoms with van der Waals surface area (Å²) in [4.78, 5) is 0. The van der Waals surface area contributed by atoms with Gasteiger partial charge in [0.25, 0.3) is 0 Å². The highest BCUT2D eigenvalue weighted by Gasteiger charge is 2.40. The van der Waals surface area contributed by atoms with Crippen molar-refractivity contribution in [1.29, 1.82) is 0 Å². The quantitative estimate of drug-likeness (QED) is 0.174. The van der Waals surface area contributed by atoms with Gasteiger partial charge in [-0.05, 0) is 71.3 Å². The van der Waals surface area contributed by atoms with E-state index in [2.05, 4.69) is 185 Å². The molecule has 0 saturated heterocycles. The first-order chi connectivity index (χ1) is 26.3. The van der Waals surface area contributed by atoms with Crippen molar-refractivity contribution < 1.29 is 9.39 Å². The Morgan fingerprint density at radius 1 is 0.377 bits per heavy atom. The van der Waals surface area contributed by atoms with E-state index < -0.39 is 0 Å². The van der Waals surface area contributed by atoms with Crippen LogP contribution in [0.15, 0.2) is 176 Å². The lowest BCUT2D eigenvalue weighted by Crippen LogP contribution is -2.53. The zero-order valence-corrected chi connectivity index (χ0v) is 28.5. The number of ether oxygens (including phenoxy) is 1. The summed E-state index contributed by atoms with van der Waals surface area (Å²) in [7, 11) is 0. The van der Waals surface area contributed by atoms with Gasteiger partial charge in [-0.3, -0.25) is 0 Å². The molecule has 12 rings (SSSR count). The van der Waals surface area contributed by atoms with E-state index in [1.54, 1.807) is 0 Å². The Morgan fingerprint density at radius 3 is 1.58 bits per heavy atom. The van der Waals surface area contributed by atoms with Crippen LogP contribution in [0.1, 0.15) is 0 Å². The maximum Gasteiger partial charge on any atom is 0.434 e. The fourth-order valence-electron chi connectivity index (χ4n) is 8.88. The third-order valence-corrected chi connectivity index (χ3v) is 11.2. The zero-order valence-electron chi connectivity index (χ0n) is 28.5. The summed E-state index contributed by atoms with van der Waals surface area (Å²) in [6.45, 7) is -0.288. The molecular formula is C48H29BN2O2. The predicted octanol–water partition coefficient (Wildman–Crippen LogP) is 10.8. The van der Waals surface area contributed by atoms with E-state index in [1.165, 1.54) is 43.6 Å². The van der Waals surface area contributed by atoms with Gasteiger partial charge in [-0.1, -0.05) is 115 Å². The Bertz CT molecular complexity index is 3050. The summed E-state index contributed by atoms with van der Waals surface area (Å²) in [5.74, 6) is 2.53. The van der Waals surface area contributed by atoms with Crippen LogP contribution in [0.4, 0.5) is 0 Å². The Kier molecular flexibility index (Phi) is 5.83. The van der Waals surface area contributed by atoms with Crippen LogP contribution in [-0.4, -0.2) is 16.0 Å². The second kappa shape index (κ2) is 10.8. The normalized spacial score (nSPS) is 12.8. The highest BCUT2D eigenvalue weighted by molar-refractivity contribution is 6.84. The van der Waals surface area contributed by atoms with Gasteiger partial charge in [-0.15, -0.1) is 0 Å². The van der Waals surface area contributed by atoms with Crippen LogP contribution in [0.25, 0.3) is 77.2 Å². The van der Waals surface area contributed by atoms with Crippen molar-refractivity contribution in [3.8, 4) is 50.9 Å². The predicted molar refractivity (Wildman–Crippen MR) is 218 cm³/mol.